The first-order chi connectivity index (χ1) is 9.22. The molecule has 4 nitrogen and oxygen atoms in total. The molecule has 0 aliphatic heterocycles. The lowest BCUT2D eigenvalue weighted by atomic mass is 10.1. The highest BCUT2D eigenvalue weighted by atomic mass is 16.4. The molecule has 0 unspecified atom stereocenters. The minimum Gasteiger partial charge on any atom is -0.481 e. The Morgan fingerprint density at radius 3 is 2.68 bits per heavy atom. The summed E-state index contributed by atoms with van der Waals surface area (Å²) in [6.07, 6.45) is 4.80. The molecular weight excluding hydrogens is 242 g/mol. The van der Waals surface area contributed by atoms with Gasteiger partial charge in [0.2, 0.25) is 0 Å². The summed E-state index contributed by atoms with van der Waals surface area (Å²) < 4.78 is 2.12. The second kappa shape index (κ2) is 6.38. The summed E-state index contributed by atoms with van der Waals surface area (Å²) >= 11 is 0. The molecule has 0 saturated heterocycles. The van der Waals surface area contributed by atoms with Crippen molar-refractivity contribution in [3.05, 3.63) is 36.0 Å². The van der Waals surface area contributed by atoms with E-state index in [1.165, 1.54) is 0 Å². The first-order valence-electron chi connectivity index (χ1n) is 6.62. The van der Waals surface area contributed by atoms with Gasteiger partial charge in [-0.05, 0) is 30.9 Å². The molecule has 0 amide bonds. The first kappa shape index (κ1) is 13.6. The zero-order valence-corrected chi connectivity index (χ0v) is 10.9. The number of hydrogen-bond donors (Lipinski definition) is 2. The maximum Gasteiger partial charge on any atom is 0.307 e. The number of aliphatic carboxylic acids is 1. The lowest BCUT2D eigenvalue weighted by Crippen LogP contribution is -2.00. The Morgan fingerprint density at radius 1 is 1.16 bits per heavy atom. The van der Waals surface area contributed by atoms with E-state index < -0.39 is 5.97 Å². The molecule has 0 spiro atoms. The third-order valence-corrected chi connectivity index (χ3v) is 3.27. The number of aryl methyl sites for hydroxylation is 1. The largest absolute Gasteiger partial charge is 0.481 e. The molecule has 102 valence electrons. The number of aromatic nitrogens is 1. The van der Waals surface area contributed by atoms with Crippen LogP contribution in [0, 0.1) is 0 Å². The van der Waals surface area contributed by atoms with E-state index in [4.69, 9.17) is 10.2 Å². The Balaban J connectivity index is 2.20. The van der Waals surface area contributed by atoms with E-state index in [0.717, 1.165) is 42.3 Å². The lowest BCUT2D eigenvalue weighted by molar-refractivity contribution is -0.136. The fourth-order valence-corrected chi connectivity index (χ4v) is 2.38. The van der Waals surface area contributed by atoms with Crippen LogP contribution in [0.3, 0.4) is 0 Å². The Hall–Kier alpha value is -1.81. The highest BCUT2D eigenvalue weighted by Gasteiger charge is 2.10. The third kappa shape index (κ3) is 3.35. The van der Waals surface area contributed by atoms with Crippen molar-refractivity contribution in [2.75, 3.05) is 6.61 Å². The standard InChI is InChI=1S/C15H19NO3/c17-9-5-1-4-8-16-11-12(10-15(18)19)13-6-2-3-7-14(13)16/h2-3,6-7,11,17H,1,4-5,8-10H2,(H,18,19). The number of aliphatic hydroxyl groups is 1. The summed E-state index contributed by atoms with van der Waals surface area (Å²) in [7, 11) is 0. The van der Waals surface area contributed by atoms with Gasteiger partial charge in [0.15, 0.2) is 0 Å². The highest BCUT2D eigenvalue weighted by Crippen LogP contribution is 2.22. The van der Waals surface area contributed by atoms with Gasteiger partial charge >= 0.3 is 5.97 Å². The van der Waals surface area contributed by atoms with Crippen LogP contribution in [0.4, 0.5) is 0 Å². The van der Waals surface area contributed by atoms with Crippen LogP contribution in [0.15, 0.2) is 30.5 Å². The maximum atomic E-state index is 10.9. The maximum absolute atomic E-state index is 10.9. The van der Waals surface area contributed by atoms with Crippen LogP contribution in [0.1, 0.15) is 24.8 Å². The van der Waals surface area contributed by atoms with Crippen LogP contribution < -0.4 is 0 Å². The minimum absolute atomic E-state index is 0.0597. The normalized spacial score (nSPS) is 11.0. The molecular formula is C15H19NO3. The van der Waals surface area contributed by atoms with Crippen LogP contribution in [-0.4, -0.2) is 27.4 Å². The van der Waals surface area contributed by atoms with Crippen molar-refractivity contribution in [3.63, 3.8) is 0 Å². The topological polar surface area (TPSA) is 62.5 Å². The number of rotatable bonds is 7. The molecule has 0 fully saturated rings. The molecule has 0 radical (unpaired) electrons. The van der Waals surface area contributed by atoms with Crippen LogP contribution in [0.25, 0.3) is 10.9 Å². The van der Waals surface area contributed by atoms with Gasteiger partial charge in [0.25, 0.3) is 0 Å². The molecule has 4 heteroatoms. The molecule has 1 aromatic heterocycles. The predicted molar refractivity (Wildman–Crippen MR) is 74.2 cm³/mol. The summed E-state index contributed by atoms with van der Waals surface area (Å²) in [6.45, 7) is 1.09. The number of hydrogen-bond acceptors (Lipinski definition) is 2. The Morgan fingerprint density at radius 2 is 1.95 bits per heavy atom. The molecule has 19 heavy (non-hydrogen) atoms. The lowest BCUT2D eigenvalue weighted by Gasteiger charge is -2.04. The van der Waals surface area contributed by atoms with E-state index in [2.05, 4.69) is 4.57 Å². The SMILES string of the molecule is O=C(O)Cc1cn(CCCCCO)c2ccccc12. The summed E-state index contributed by atoms with van der Waals surface area (Å²) in [5.41, 5.74) is 1.95. The number of unbranched alkanes of at least 4 members (excludes halogenated alkanes) is 2. The molecule has 0 aliphatic carbocycles. The van der Waals surface area contributed by atoms with Crippen LogP contribution >= 0.6 is 0 Å². The number of carbonyl (C=O) groups is 1. The van der Waals surface area contributed by atoms with Crippen LogP contribution in [0.2, 0.25) is 0 Å². The summed E-state index contributed by atoms with van der Waals surface area (Å²) in [5, 5.41) is 18.7. The van der Waals surface area contributed by atoms with Gasteiger partial charge in [-0.25, -0.2) is 0 Å². The Kier molecular flexibility index (Phi) is 4.58. The number of fused-ring (bicyclic) bond motifs is 1. The van der Waals surface area contributed by atoms with Gasteiger partial charge in [-0.15, -0.1) is 0 Å². The van der Waals surface area contributed by atoms with Crippen molar-refractivity contribution in [2.24, 2.45) is 0 Å². The van der Waals surface area contributed by atoms with Crippen molar-refractivity contribution in [1.29, 1.82) is 0 Å². The molecule has 2 N–H and O–H groups in total. The van der Waals surface area contributed by atoms with E-state index in [1.54, 1.807) is 0 Å². The number of para-hydroxylation sites is 1. The quantitative estimate of drug-likeness (QED) is 0.752. The molecule has 2 aromatic rings. The van der Waals surface area contributed by atoms with Gasteiger partial charge in [0.05, 0.1) is 6.42 Å². The van der Waals surface area contributed by atoms with Crippen molar-refractivity contribution in [3.8, 4) is 0 Å². The van der Waals surface area contributed by atoms with Crippen LogP contribution in [-0.2, 0) is 17.8 Å². The van der Waals surface area contributed by atoms with Gasteiger partial charge in [0.1, 0.15) is 0 Å². The molecule has 0 atom stereocenters. The van der Waals surface area contributed by atoms with Crippen molar-refractivity contribution in [2.45, 2.75) is 32.2 Å². The van der Waals surface area contributed by atoms with E-state index in [9.17, 15) is 4.79 Å². The number of nitrogens with zero attached hydrogens (tertiary/aromatic N) is 1. The predicted octanol–water partition coefficient (Wildman–Crippen LogP) is 2.43. The minimum atomic E-state index is -0.803. The van der Waals surface area contributed by atoms with Gasteiger partial charge in [-0.1, -0.05) is 18.2 Å². The summed E-state index contributed by atoms with van der Waals surface area (Å²) in [6, 6.07) is 7.89. The molecule has 2 rings (SSSR count). The Bertz CT molecular complexity index is 560. The monoisotopic (exact) mass is 261 g/mol. The van der Waals surface area contributed by atoms with E-state index in [1.807, 2.05) is 30.5 Å². The average molecular weight is 261 g/mol. The molecule has 0 bridgehead atoms. The zero-order chi connectivity index (χ0) is 13.7. The first-order valence-corrected chi connectivity index (χ1v) is 6.62. The fraction of sp³-hybridized carbons (Fsp3) is 0.400. The zero-order valence-electron chi connectivity index (χ0n) is 10.9. The molecule has 1 heterocycles. The third-order valence-electron chi connectivity index (χ3n) is 3.27. The Labute approximate surface area is 112 Å². The second-order valence-corrected chi connectivity index (χ2v) is 4.72. The number of carboxylic acids is 1. The summed E-state index contributed by atoms with van der Waals surface area (Å²) in [4.78, 5) is 10.9. The smallest absolute Gasteiger partial charge is 0.307 e. The fourth-order valence-electron chi connectivity index (χ4n) is 2.38. The molecule has 1 aromatic carbocycles. The van der Waals surface area contributed by atoms with Crippen molar-refractivity contribution in [1.82, 2.24) is 4.57 Å². The molecule has 0 aliphatic rings. The molecule has 0 saturated carbocycles. The van der Waals surface area contributed by atoms with E-state index >= 15 is 0 Å². The number of benzene rings is 1. The second-order valence-electron chi connectivity index (χ2n) is 4.72. The average Bonchev–Trinajstić information content (AvgIpc) is 2.73. The highest BCUT2D eigenvalue weighted by molar-refractivity contribution is 5.87. The van der Waals surface area contributed by atoms with Crippen molar-refractivity contribution < 1.29 is 15.0 Å². The van der Waals surface area contributed by atoms with Gasteiger partial charge in [-0.2, -0.15) is 0 Å². The van der Waals surface area contributed by atoms with Crippen LogP contribution in [0.5, 0.6) is 0 Å². The van der Waals surface area contributed by atoms with Gasteiger partial charge < -0.3 is 14.8 Å². The van der Waals surface area contributed by atoms with E-state index in [0.29, 0.717) is 0 Å². The van der Waals surface area contributed by atoms with Gasteiger partial charge in [0, 0.05) is 30.3 Å². The van der Waals surface area contributed by atoms with Gasteiger partial charge in [-0.3, -0.25) is 4.79 Å². The summed E-state index contributed by atoms with van der Waals surface area (Å²) in [5.74, 6) is -0.803. The van der Waals surface area contributed by atoms with Crippen molar-refractivity contribution >= 4 is 16.9 Å². The van der Waals surface area contributed by atoms with E-state index in [-0.39, 0.29) is 13.0 Å². The number of carboxylic acid groups (broad SMARTS) is 1. The number of aliphatic hydroxyl groups excluding tert-OH is 1.